The van der Waals surface area contributed by atoms with Gasteiger partial charge in [-0.15, -0.1) is 0 Å². The first-order chi connectivity index (χ1) is 14.3. The molecule has 1 N–H and O–H groups in total. The van der Waals surface area contributed by atoms with Crippen LogP contribution in [0, 0.1) is 13.8 Å². The number of sulfonamides is 1. The Morgan fingerprint density at radius 1 is 1.03 bits per heavy atom. The zero-order valence-electron chi connectivity index (χ0n) is 17.0. The summed E-state index contributed by atoms with van der Waals surface area (Å²) in [6, 6.07) is 17.0. The lowest BCUT2D eigenvalue weighted by Gasteiger charge is -2.16. The van der Waals surface area contributed by atoms with E-state index in [1.807, 2.05) is 32.0 Å². The highest BCUT2D eigenvalue weighted by Gasteiger charge is 2.22. The van der Waals surface area contributed by atoms with Crippen molar-refractivity contribution in [1.82, 2.24) is 9.29 Å². The van der Waals surface area contributed by atoms with Crippen LogP contribution in [0.4, 0.5) is 5.69 Å². The highest BCUT2D eigenvalue weighted by Crippen LogP contribution is 2.23. The Morgan fingerprint density at radius 2 is 1.77 bits per heavy atom. The Morgan fingerprint density at radius 3 is 2.40 bits per heavy atom. The molecular formula is C22H23N3O4S. The van der Waals surface area contributed by atoms with Crippen molar-refractivity contribution in [2.24, 2.45) is 0 Å². The smallest absolute Gasteiger partial charge is 0.243 e. The van der Waals surface area contributed by atoms with Crippen molar-refractivity contribution in [1.29, 1.82) is 0 Å². The van der Waals surface area contributed by atoms with Gasteiger partial charge in [0, 0.05) is 13.1 Å². The van der Waals surface area contributed by atoms with Crippen molar-refractivity contribution in [3.8, 4) is 11.6 Å². The molecule has 1 heterocycles. The van der Waals surface area contributed by atoms with E-state index in [0.717, 1.165) is 9.87 Å². The van der Waals surface area contributed by atoms with Crippen LogP contribution < -0.4 is 10.1 Å². The molecule has 0 spiro atoms. The fourth-order valence-electron chi connectivity index (χ4n) is 2.67. The van der Waals surface area contributed by atoms with Gasteiger partial charge >= 0.3 is 0 Å². The van der Waals surface area contributed by atoms with Crippen LogP contribution in [0.1, 0.15) is 11.1 Å². The Hall–Kier alpha value is -3.23. The predicted molar refractivity (Wildman–Crippen MR) is 115 cm³/mol. The summed E-state index contributed by atoms with van der Waals surface area (Å²) in [5, 5.41) is 2.64. The van der Waals surface area contributed by atoms with E-state index in [1.165, 1.54) is 30.9 Å². The van der Waals surface area contributed by atoms with E-state index in [0.29, 0.717) is 17.3 Å². The highest BCUT2D eigenvalue weighted by molar-refractivity contribution is 7.89. The van der Waals surface area contributed by atoms with E-state index in [-0.39, 0.29) is 11.4 Å². The van der Waals surface area contributed by atoms with Crippen LogP contribution in [0.2, 0.25) is 0 Å². The van der Waals surface area contributed by atoms with E-state index >= 15 is 0 Å². The topological polar surface area (TPSA) is 88.6 Å². The number of anilines is 1. The van der Waals surface area contributed by atoms with Gasteiger partial charge in [0.25, 0.3) is 0 Å². The molecule has 8 heteroatoms. The van der Waals surface area contributed by atoms with Gasteiger partial charge in [0.1, 0.15) is 5.75 Å². The second-order valence-corrected chi connectivity index (χ2v) is 8.90. The number of amides is 1. The summed E-state index contributed by atoms with van der Waals surface area (Å²) in [4.78, 5) is 16.6. The number of ether oxygens (including phenoxy) is 1. The van der Waals surface area contributed by atoms with Crippen molar-refractivity contribution >= 4 is 21.6 Å². The van der Waals surface area contributed by atoms with Crippen molar-refractivity contribution < 1.29 is 17.9 Å². The summed E-state index contributed by atoms with van der Waals surface area (Å²) in [6.45, 7) is 3.71. The molecule has 3 aromatic rings. The summed E-state index contributed by atoms with van der Waals surface area (Å²) in [5.41, 5.74) is 2.73. The number of hydrogen-bond donors (Lipinski definition) is 1. The maximum absolute atomic E-state index is 12.5. The summed E-state index contributed by atoms with van der Waals surface area (Å²) in [7, 11) is -2.38. The van der Waals surface area contributed by atoms with Gasteiger partial charge in [0.05, 0.1) is 23.3 Å². The van der Waals surface area contributed by atoms with E-state index in [4.69, 9.17) is 4.74 Å². The highest BCUT2D eigenvalue weighted by atomic mass is 32.2. The lowest BCUT2D eigenvalue weighted by atomic mass is 10.1. The zero-order valence-corrected chi connectivity index (χ0v) is 17.8. The summed E-state index contributed by atoms with van der Waals surface area (Å²) in [6.07, 6.45) is 1.46. The summed E-state index contributed by atoms with van der Waals surface area (Å²) in [5.74, 6) is 0.594. The minimum Gasteiger partial charge on any atom is -0.439 e. The maximum Gasteiger partial charge on any atom is 0.243 e. The number of carbonyl (C=O) groups excluding carboxylic acids is 1. The van der Waals surface area contributed by atoms with Gasteiger partial charge in [-0.2, -0.15) is 4.31 Å². The Bertz CT molecular complexity index is 1130. The molecule has 156 valence electrons. The van der Waals surface area contributed by atoms with Crippen LogP contribution in [0.3, 0.4) is 0 Å². The average Bonchev–Trinajstić information content (AvgIpc) is 2.72. The third-order valence-electron chi connectivity index (χ3n) is 4.54. The van der Waals surface area contributed by atoms with Crippen LogP contribution in [-0.2, 0) is 14.8 Å². The Balaban J connectivity index is 1.59. The quantitative estimate of drug-likeness (QED) is 0.623. The standard InChI is InChI=1S/C22H23N3O4S/c1-16-9-11-19(13-17(16)2)29-22-12-10-18(14-23-22)24-21(26)15-25(3)30(27,28)20-7-5-4-6-8-20/h4-14H,15H2,1-3H3,(H,24,26). The fraction of sp³-hybridized carbons (Fsp3) is 0.182. The van der Waals surface area contributed by atoms with Gasteiger partial charge in [-0.05, 0) is 55.3 Å². The number of rotatable bonds is 7. The van der Waals surface area contributed by atoms with Crippen molar-refractivity contribution in [3.63, 3.8) is 0 Å². The normalized spacial score (nSPS) is 11.3. The van der Waals surface area contributed by atoms with Crippen LogP contribution in [0.15, 0.2) is 71.8 Å². The molecule has 0 aliphatic rings. The Labute approximate surface area is 176 Å². The molecule has 0 bridgehead atoms. The van der Waals surface area contributed by atoms with Crippen molar-refractivity contribution in [2.45, 2.75) is 18.7 Å². The molecule has 0 atom stereocenters. The molecule has 0 radical (unpaired) electrons. The van der Waals surface area contributed by atoms with E-state index in [2.05, 4.69) is 10.3 Å². The molecule has 7 nitrogen and oxygen atoms in total. The largest absolute Gasteiger partial charge is 0.439 e. The van der Waals surface area contributed by atoms with Gasteiger partial charge in [-0.25, -0.2) is 13.4 Å². The monoisotopic (exact) mass is 425 g/mol. The number of likely N-dealkylation sites (N-methyl/N-ethyl adjacent to an activating group) is 1. The van der Waals surface area contributed by atoms with Crippen molar-refractivity contribution in [3.05, 3.63) is 78.0 Å². The lowest BCUT2D eigenvalue weighted by molar-refractivity contribution is -0.116. The SMILES string of the molecule is Cc1ccc(Oc2ccc(NC(=O)CN(C)S(=O)(=O)c3ccccc3)cn2)cc1C. The minimum absolute atomic E-state index is 0.134. The van der Waals surface area contributed by atoms with Gasteiger partial charge in [-0.1, -0.05) is 24.3 Å². The first kappa shape index (κ1) is 21.5. The van der Waals surface area contributed by atoms with Gasteiger partial charge in [0.15, 0.2) is 0 Å². The van der Waals surface area contributed by atoms with E-state index in [9.17, 15) is 13.2 Å². The molecule has 2 aromatic carbocycles. The van der Waals surface area contributed by atoms with Gasteiger partial charge in [0.2, 0.25) is 21.8 Å². The Kier molecular flexibility index (Phi) is 6.49. The first-order valence-electron chi connectivity index (χ1n) is 9.28. The zero-order chi connectivity index (χ0) is 21.7. The fourth-order valence-corrected chi connectivity index (χ4v) is 3.82. The van der Waals surface area contributed by atoms with Crippen LogP contribution in [-0.4, -0.2) is 37.2 Å². The summed E-state index contributed by atoms with van der Waals surface area (Å²) >= 11 is 0. The third kappa shape index (κ3) is 5.22. The molecule has 0 aliphatic heterocycles. The number of nitrogens with zero attached hydrogens (tertiary/aromatic N) is 2. The van der Waals surface area contributed by atoms with Gasteiger partial charge < -0.3 is 10.1 Å². The average molecular weight is 426 g/mol. The molecule has 1 aromatic heterocycles. The second kappa shape index (κ2) is 9.06. The molecule has 1 amide bonds. The number of aromatic nitrogens is 1. The molecular weight excluding hydrogens is 402 g/mol. The lowest BCUT2D eigenvalue weighted by Crippen LogP contribution is -2.34. The number of nitrogens with one attached hydrogen (secondary N) is 1. The third-order valence-corrected chi connectivity index (χ3v) is 6.36. The molecule has 0 saturated heterocycles. The molecule has 3 rings (SSSR count). The van der Waals surface area contributed by atoms with Crippen LogP contribution in [0.5, 0.6) is 11.6 Å². The number of carbonyl (C=O) groups is 1. The minimum atomic E-state index is -3.74. The predicted octanol–water partition coefficient (Wildman–Crippen LogP) is 3.75. The van der Waals surface area contributed by atoms with E-state index in [1.54, 1.807) is 30.3 Å². The molecule has 0 unspecified atom stereocenters. The molecule has 0 saturated carbocycles. The first-order valence-corrected chi connectivity index (χ1v) is 10.7. The second-order valence-electron chi connectivity index (χ2n) is 6.86. The van der Waals surface area contributed by atoms with Crippen molar-refractivity contribution in [2.75, 3.05) is 18.9 Å². The molecule has 0 fully saturated rings. The number of hydrogen-bond acceptors (Lipinski definition) is 5. The van der Waals surface area contributed by atoms with Gasteiger partial charge in [-0.3, -0.25) is 4.79 Å². The maximum atomic E-state index is 12.5. The molecule has 0 aliphatic carbocycles. The van der Waals surface area contributed by atoms with Crippen LogP contribution in [0.25, 0.3) is 0 Å². The number of benzene rings is 2. The van der Waals surface area contributed by atoms with E-state index < -0.39 is 15.9 Å². The summed E-state index contributed by atoms with van der Waals surface area (Å²) < 4.78 is 31.7. The number of aryl methyl sites for hydroxylation is 2. The molecule has 30 heavy (non-hydrogen) atoms. The van der Waals surface area contributed by atoms with Crippen LogP contribution >= 0.6 is 0 Å². The number of pyridine rings is 1.